The second-order valence-corrected chi connectivity index (χ2v) is 4.38. The van der Waals surface area contributed by atoms with E-state index in [0.717, 1.165) is 17.2 Å². The van der Waals surface area contributed by atoms with Crippen LogP contribution in [0.2, 0.25) is 0 Å². The van der Waals surface area contributed by atoms with Crippen molar-refractivity contribution in [2.24, 2.45) is 0 Å². The molecule has 2 aromatic carbocycles. The first-order valence-electron chi connectivity index (χ1n) is 5.88. The summed E-state index contributed by atoms with van der Waals surface area (Å²) < 4.78 is 13.4. The number of benzene rings is 2. The fourth-order valence-electron chi connectivity index (χ4n) is 1.81. The molecule has 0 aliphatic carbocycles. The smallest absolute Gasteiger partial charge is 0.228 e. The maximum atomic E-state index is 13.4. The highest BCUT2D eigenvalue weighted by molar-refractivity contribution is 5.92. The minimum Gasteiger partial charge on any atom is -0.508 e. The fraction of sp³-hybridized carbons (Fsp3) is 0.133. The standard InChI is InChI=1S/C15H14FNO2/c1-10-3-2-4-11(7-10)8-15(19)17-14-6-5-12(18)9-13(14)16/h2-7,9,18H,8H2,1H3,(H,17,19). The van der Waals surface area contributed by atoms with Gasteiger partial charge in [0.25, 0.3) is 0 Å². The molecule has 0 fully saturated rings. The number of phenols is 1. The summed E-state index contributed by atoms with van der Waals surface area (Å²) >= 11 is 0. The third-order valence-corrected chi connectivity index (χ3v) is 2.67. The van der Waals surface area contributed by atoms with Crippen molar-refractivity contribution in [3.05, 3.63) is 59.4 Å². The summed E-state index contributed by atoms with van der Waals surface area (Å²) in [4.78, 5) is 11.8. The number of amides is 1. The van der Waals surface area contributed by atoms with E-state index >= 15 is 0 Å². The number of anilines is 1. The van der Waals surface area contributed by atoms with Crippen LogP contribution in [-0.4, -0.2) is 11.0 Å². The van der Waals surface area contributed by atoms with Crippen molar-refractivity contribution in [2.75, 3.05) is 5.32 Å². The molecule has 0 aromatic heterocycles. The molecule has 0 bridgehead atoms. The highest BCUT2D eigenvalue weighted by atomic mass is 19.1. The van der Waals surface area contributed by atoms with Gasteiger partial charge in [-0.3, -0.25) is 4.79 Å². The molecule has 19 heavy (non-hydrogen) atoms. The predicted molar refractivity (Wildman–Crippen MR) is 71.6 cm³/mol. The fourth-order valence-corrected chi connectivity index (χ4v) is 1.81. The van der Waals surface area contributed by atoms with Crippen LogP contribution in [0.15, 0.2) is 42.5 Å². The zero-order valence-electron chi connectivity index (χ0n) is 10.5. The average molecular weight is 259 g/mol. The lowest BCUT2D eigenvalue weighted by Gasteiger charge is -2.07. The first kappa shape index (κ1) is 13.1. The number of phenolic OH excluding ortho intramolecular Hbond substituents is 1. The molecule has 2 aromatic rings. The second kappa shape index (κ2) is 5.52. The number of carbonyl (C=O) groups excluding carboxylic acids is 1. The minimum absolute atomic E-state index is 0.0652. The molecule has 0 heterocycles. The Morgan fingerprint density at radius 2 is 2.05 bits per heavy atom. The molecule has 0 aliphatic rings. The molecule has 2 rings (SSSR count). The van der Waals surface area contributed by atoms with Crippen LogP contribution in [0, 0.1) is 12.7 Å². The van der Waals surface area contributed by atoms with E-state index in [1.54, 1.807) is 0 Å². The molecule has 2 N–H and O–H groups in total. The maximum absolute atomic E-state index is 13.4. The molecule has 98 valence electrons. The summed E-state index contributed by atoms with van der Waals surface area (Å²) in [5.41, 5.74) is 2.01. The van der Waals surface area contributed by atoms with Gasteiger partial charge in [0, 0.05) is 6.07 Å². The summed E-state index contributed by atoms with van der Waals surface area (Å²) in [6, 6.07) is 11.2. The molecule has 3 nitrogen and oxygen atoms in total. The monoisotopic (exact) mass is 259 g/mol. The van der Waals surface area contributed by atoms with Crippen molar-refractivity contribution in [3.63, 3.8) is 0 Å². The molecule has 4 heteroatoms. The summed E-state index contributed by atoms with van der Waals surface area (Å²) in [6.45, 7) is 1.95. The number of hydrogen-bond donors (Lipinski definition) is 2. The van der Waals surface area contributed by atoms with E-state index < -0.39 is 5.82 Å². The molecule has 0 saturated carbocycles. The lowest BCUT2D eigenvalue weighted by atomic mass is 10.1. The van der Waals surface area contributed by atoms with Gasteiger partial charge in [0.1, 0.15) is 11.6 Å². The van der Waals surface area contributed by atoms with Crippen molar-refractivity contribution in [1.82, 2.24) is 0 Å². The van der Waals surface area contributed by atoms with Gasteiger partial charge in [-0.25, -0.2) is 4.39 Å². The first-order chi connectivity index (χ1) is 9.04. The summed E-state index contributed by atoms with van der Waals surface area (Å²) in [5.74, 6) is -1.12. The van der Waals surface area contributed by atoms with Crippen molar-refractivity contribution < 1.29 is 14.3 Å². The highest BCUT2D eigenvalue weighted by Gasteiger charge is 2.08. The van der Waals surface area contributed by atoms with E-state index in [1.807, 2.05) is 31.2 Å². The van der Waals surface area contributed by atoms with Gasteiger partial charge in [0.05, 0.1) is 12.1 Å². The molecule has 0 radical (unpaired) electrons. The number of aryl methyl sites for hydroxylation is 1. The number of aromatic hydroxyl groups is 1. The topological polar surface area (TPSA) is 49.3 Å². The number of carbonyl (C=O) groups is 1. The Bertz CT molecular complexity index is 611. The third-order valence-electron chi connectivity index (χ3n) is 2.67. The van der Waals surface area contributed by atoms with Gasteiger partial charge in [0.15, 0.2) is 0 Å². The van der Waals surface area contributed by atoms with Gasteiger partial charge in [0.2, 0.25) is 5.91 Å². The van der Waals surface area contributed by atoms with Crippen LogP contribution in [-0.2, 0) is 11.2 Å². The highest BCUT2D eigenvalue weighted by Crippen LogP contribution is 2.19. The van der Waals surface area contributed by atoms with Gasteiger partial charge in [-0.15, -0.1) is 0 Å². The molecule has 0 saturated heterocycles. The SMILES string of the molecule is Cc1cccc(CC(=O)Nc2ccc(O)cc2F)c1. The van der Waals surface area contributed by atoms with E-state index in [1.165, 1.54) is 12.1 Å². The molecular weight excluding hydrogens is 245 g/mol. The van der Waals surface area contributed by atoms with Gasteiger partial charge in [-0.2, -0.15) is 0 Å². The second-order valence-electron chi connectivity index (χ2n) is 4.38. The lowest BCUT2D eigenvalue weighted by Crippen LogP contribution is -2.15. The zero-order valence-corrected chi connectivity index (χ0v) is 10.5. The van der Waals surface area contributed by atoms with Crippen molar-refractivity contribution >= 4 is 11.6 Å². The summed E-state index contributed by atoms with van der Waals surface area (Å²) in [5, 5.41) is 11.6. The van der Waals surface area contributed by atoms with E-state index in [2.05, 4.69) is 5.32 Å². The molecule has 0 aliphatic heterocycles. The average Bonchev–Trinajstić information content (AvgIpc) is 2.33. The number of nitrogens with one attached hydrogen (secondary N) is 1. The van der Waals surface area contributed by atoms with E-state index in [-0.39, 0.29) is 23.8 Å². The van der Waals surface area contributed by atoms with Crippen LogP contribution in [0.3, 0.4) is 0 Å². The van der Waals surface area contributed by atoms with Gasteiger partial charge in [-0.1, -0.05) is 29.8 Å². The number of rotatable bonds is 3. The van der Waals surface area contributed by atoms with Gasteiger partial charge < -0.3 is 10.4 Å². The van der Waals surface area contributed by atoms with Crippen molar-refractivity contribution in [3.8, 4) is 5.75 Å². The van der Waals surface area contributed by atoms with Gasteiger partial charge in [-0.05, 0) is 24.6 Å². The van der Waals surface area contributed by atoms with Crippen LogP contribution in [0.1, 0.15) is 11.1 Å². The Labute approximate surface area is 110 Å². The largest absolute Gasteiger partial charge is 0.508 e. The van der Waals surface area contributed by atoms with Crippen LogP contribution in [0.4, 0.5) is 10.1 Å². The van der Waals surface area contributed by atoms with Crippen molar-refractivity contribution in [2.45, 2.75) is 13.3 Å². The number of hydrogen-bond acceptors (Lipinski definition) is 2. The van der Waals surface area contributed by atoms with Crippen molar-refractivity contribution in [1.29, 1.82) is 0 Å². The quantitative estimate of drug-likeness (QED) is 0.832. The zero-order chi connectivity index (χ0) is 13.8. The summed E-state index contributed by atoms with van der Waals surface area (Å²) in [7, 11) is 0. The first-order valence-corrected chi connectivity index (χ1v) is 5.88. The van der Waals surface area contributed by atoms with E-state index in [4.69, 9.17) is 5.11 Å². The van der Waals surface area contributed by atoms with Crippen LogP contribution in [0.5, 0.6) is 5.75 Å². The third kappa shape index (κ3) is 3.55. The summed E-state index contributed by atoms with van der Waals surface area (Å²) in [6.07, 6.45) is 0.183. The van der Waals surface area contributed by atoms with E-state index in [9.17, 15) is 9.18 Å². The molecular formula is C15H14FNO2. The Hall–Kier alpha value is -2.36. The van der Waals surface area contributed by atoms with Crippen LogP contribution in [0.25, 0.3) is 0 Å². The molecule has 0 spiro atoms. The Kier molecular flexibility index (Phi) is 3.80. The van der Waals surface area contributed by atoms with Crippen LogP contribution >= 0.6 is 0 Å². The van der Waals surface area contributed by atoms with E-state index in [0.29, 0.717) is 0 Å². The minimum atomic E-state index is -0.655. The Morgan fingerprint density at radius 1 is 1.26 bits per heavy atom. The molecule has 1 amide bonds. The van der Waals surface area contributed by atoms with Gasteiger partial charge >= 0.3 is 0 Å². The Balaban J connectivity index is 2.05. The predicted octanol–water partition coefficient (Wildman–Crippen LogP) is 3.02. The molecule has 0 unspecified atom stereocenters. The molecule has 0 atom stereocenters. The lowest BCUT2D eigenvalue weighted by molar-refractivity contribution is -0.115. The normalized spacial score (nSPS) is 10.2. The Morgan fingerprint density at radius 3 is 2.74 bits per heavy atom. The maximum Gasteiger partial charge on any atom is 0.228 e. The van der Waals surface area contributed by atoms with Crippen LogP contribution < -0.4 is 5.32 Å². The number of halogens is 1.